The average Bonchev–Trinajstić information content (AvgIpc) is 3.66. The van der Waals surface area contributed by atoms with Gasteiger partial charge >= 0.3 is 39.5 Å². The van der Waals surface area contributed by atoms with Crippen molar-refractivity contribution in [1.29, 1.82) is 0 Å². The van der Waals surface area contributed by atoms with Crippen LogP contribution < -0.4 is 0 Å². The topological polar surface area (TPSA) is 237 Å². The van der Waals surface area contributed by atoms with Crippen molar-refractivity contribution in [3.63, 3.8) is 0 Å². The first-order valence-electron chi connectivity index (χ1n) is 34.8. The number of hydrogen-bond donors (Lipinski definition) is 3. The molecule has 0 saturated heterocycles. The minimum atomic E-state index is -4.95. The summed E-state index contributed by atoms with van der Waals surface area (Å²) in [4.78, 5) is 72.4. The zero-order chi connectivity index (χ0) is 63.9. The first kappa shape index (κ1) is 84.1. The monoisotopic (exact) mass is 1270 g/mol. The molecule has 0 aliphatic carbocycles. The molecule has 0 rings (SSSR count). The van der Waals surface area contributed by atoms with Crippen LogP contribution in [0.5, 0.6) is 0 Å². The number of hydrogen-bond acceptors (Lipinski definition) is 15. The number of ether oxygens (including phenoxy) is 4. The molecule has 510 valence electrons. The third kappa shape index (κ3) is 58.4. The molecule has 0 heterocycles. The molecule has 0 bridgehead atoms. The van der Waals surface area contributed by atoms with E-state index in [-0.39, 0.29) is 25.7 Å². The molecule has 0 aromatic carbocycles. The number of carbonyl (C=O) groups is 4. The summed E-state index contributed by atoms with van der Waals surface area (Å²) >= 11 is 0. The molecule has 0 amide bonds. The minimum Gasteiger partial charge on any atom is -0.462 e. The van der Waals surface area contributed by atoms with Crippen molar-refractivity contribution < 1.29 is 80.2 Å². The summed E-state index contributed by atoms with van der Waals surface area (Å²) < 4.78 is 68.1. The predicted octanol–water partition coefficient (Wildman–Crippen LogP) is 18.5. The lowest BCUT2D eigenvalue weighted by molar-refractivity contribution is -0.161. The summed E-state index contributed by atoms with van der Waals surface area (Å²) in [5.41, 5.74) is 0. The first-order valence-corrected chi connectivity index (χ1v) is 37.8. The van der Waals surface area contributed by atoms with E-state index >= 15 is 0 Å². The summed E-state index contributed by atoms with van der Waals surface area (Å²) in [6.45, 7) is 14.0. The summed E-state index contributed by atoms with van der Waals surface area (Å²) in [6.07, 6.45) is 37.6. The van der Waals surface area contributed by atoms with E-state index in [0.717, 1.165) is 108 Å². The normalized spacial score (nSPS) is 15.0. The van der Waals surface area contributed by atoms with Crippen LogP contribution in [0.2, 0.25) is 0 Å². The van der Waals surface area contributed by atoms with Gasteiger partial charge in [0, 0.05) is 25.7 Å². The molecule has 3 N–H and O–H groups in total. The van der Waals surface area contributed by atoms with E-state index in [1.165, 1.54) is 128 Å². The Labute approximate surface area is 524 Å². The number of aliphatic hydroxyl groups excluding tert-OH is 1. The molecular formula is C67H130O17P2. The van der Waals surface area contributed by atoms with E-state index in [9.17, 15) is 43.2 Å². The van der Waals surface area contributed by atoms with Gasteiger partial charge in [0.1, 0.15) is 19.3 Å². The quantitative estimate of drug-likeness (QED) is 0.0222. The summed E-state index contributed by atoms with van der Waals surface area (Å²) in [5, 5.41) is 10.6. The molecule has 5 unspecified atom stereocenters. The summed E-state index contributed by atoms with van der Waals surface area (Å²) in [5.74, 6) is 0.836. The third-order valence-corrected chi connectivity index (χ3v) is 17.9. The van der Waals surface area contributed by atoms with Crippen molar-refractivity contribution in [3.8, 4) is 0 Å². The van der Waals surface area contributed by atoms with E-state index in [1.54, 1.807) is 0 Å². The van der Waals surface area contributed by atoms with Crippen LogP contribution in [0.15, 0.2) is 0 Å². The number of rotatable bonds is 64. The largest absolute Gasteiger partial charge is 0.472 e. The van der Waals surface area contributed by atoms with E-state index in [2.05, 4.69) is 55.4 Å². The van der Waals surface area contributed by atoms with Crippen LogP contribution in [0, 0.1) is 23.7 Å². The number of unbranched alkanes of at least 4 members (excludes halogenated alkanes) is 28. The molecule has 17 nitrogen and oxygen atoms in total. The maximum atomic E-state index is 13.0. The van der Waals surface area contributed by atoms with Gasteiger partial charge in [-0.25, -0.2) is 9.13 Å². The molecule has 7 atom stereocenters. The number of phosphoric acid groups is 2. The Bertz CT molecular complexity index is 1720. The fourth-order valence-corrected chi connectivity index (χ4v) is 11.5. The Balaban J connectivity index is 5.25. The van der Waals surface area contributed by atoms with Gasteiger partial charge in [-0.15, -0.1) is 0 Å². The zero-order valence-electron chi connectivity index (χ0n) is 55.9. The van der Waals surface area contributed by atoms with Crippen LogP contribution in [-0.4, -0.2) is 96.7 Å². The van der Waals surface area contributed by atoms with E-state index in [1.807, 2.05) is 0 Å². The molecule has 0 aromatic rings. The van der Waals surface area contributed by atoms with E-state index in [4.69, 9.17) is 37.0 Å². The second kappa shape index (κ2) is 57.0. The van der Waals surface area contributed by atoms with Gasteiger partial charge in [0.25, 0.3) is 0 Å². The predicted molar refractivity (Wildman–Crippen MR) is 344 cm³/mol. The lowest BCUT2D eigenvalue weighted by Crippen LogP contribution is -2.30. The van der Waals surface area contributed by atoms with Crippen molar-refractivity contribution in [2.45, 2.75) is 343 Å². The molecule has 0 saturated carbocycles. The number of aliphatic hydroxyl groups is 1. The van der Waals surface area contributed by atoms with Crippen molar-refractivity contribution in [1.82, 2.24) is 0 Å². The molecule has 0 spiro atoms. The second-order valence-electron chi connectivity index (χ2n) is 25.6. The van der Waals surface area contributed by atoms with Gasteiger partial charge in [-0.05, 0) is 49.4 Å². The smallest absolute Gasteiger partial charge is 0.462 e. The fraction of sp³-hybridized carbons (Fsp3) is 0.940. The number of phosphoric ester groups is 2. The molecular weight excluding hydrogens is 1140 g/mol. The maximum Gasteiger partial charge on any atom is 0.472 e. The van der Waals surface area contributed by atoms with Crippen LogP contribution in [-0.2, 0) is 65.4 Å². The Morgan fingerprint density at radius 3 is 0.826 bits per heavy atom. The standard InChI is InChI=1S/C67H130O17P2/c1-9-59(7)45-37-29-20-13-11-12-14-22-31-39-47-64(69)77-53-62(83-66(71)49-41-33-24-18-16-21-30-38-46-60(8)10-2)55-81-85(73,74)79-51-61(68)52-80-86(75,76)82-56-63(84-67(72)50-42-34-26-25-28-36-44-58(5)6)54-78-65(70)48-40-32-23-17-15-19-27-35-43-57(3)4/h57-63,68H,9-56H2,1-8H3,(H,73,74)(H,75,76)/t59?,60?,61?,62-,63-/m1/s1. The van der Waals surface area contributed by atoms with Gasteiger partial charge in [-0.2, -0.15) is 0 Å². The first-order chi connectivity index (χ1) is 41.2. The zero-order valence-corrected chi connectivity index (χ0v) is 57.7. The van der Waals surface area contributed by atoms with Gasteiger partial charge in [0.15, 0.2) is 12.2 Å². The summed E-state index contributed by atoms with van der Waals surface area (Å²) in [7, 11) is -9.90. The molecule has 19 heteroatoms. The minimum absolute atomic E-state index is 0.101. The fourth-order valence-electron chi connectivity index (χ4n) is 9.89. The van der Waals surface area contributed by atoms with E-state index in [0.29, 0.717) is 31.6 Å². The van der Waals surface area contributed by atoms with Crippen molar-refractivity contribution in [2.24, 2.45) is 23.7 Å². The Hall–Kier alpha value is -1.94. The lowest BCUT2D eigenvalue weighted by Gasteiger charge is -2.21. The van der Waals surface area contributed by atoms with Gasteiger partial charge in [-0.3, -0.25) is 37.3 Å². The van der Waals surface area contributed by atoms with Gasteiger partial charge in [-0.1, -0.05) is 274 Å². The van der Waals surface area contributed by atoms with Crippen molar-refractivity contribution in [2.75, 3.05) is 39.6 Å². The highest BCUT2D eigenvalue weighted by Crippen LogP contribution is 2.45. The van der Waals surface area contributed by atoms with Crippen LogP contribution in [0.4, 0.5) is 0 Å². The molecule has 0 aliphatic heterocycles. The Morgan fingerprint density at radius 2 is 0.558 bits per heavy atom. The molecule has 86 heavy (non-hydrogen) atoms. The second-order valence-corrected chi connectivity index (χ2v) is 28.6. The van der Waals surface area contributed by atoms with Crippen LogP contribution in [0.25, 0.3) is 0 Å². The number of esters is 4. The Morgan fingerprint density at radius 1 is 0.326 bits per heavy atom. The highest BCUT2D eigenvalue weighted by atomic mass is 31.2. The van der Waals surface area contributed by atoms with Gasteiger partial charge < -0.3 is 33.8 Å². The highest BCUT2D eigenvalue weighted by Gasteiger charge is 2.30. The summed E-state index contributed by atoms with van der Waals surface area (Å²) in [6, 6.07) is 0. The van der Waals surface area contributed by atoms with Gasteiger partial charge in [0.05, 0.1) is 26.4 Å². The number of carbonyl (C=O) groups excluding carboxylic acids is 4. The van der Waals surface area contributed by atoms with Crippen molar-refractivity contribution >= 4 is 39.5 Å². The Kier molecular flexibility index (Phi) is 55.7. The van der Waals surface area contributed by atoms with Crippen LogP contribution >= 0.6 is 15.6 Å². The highest BCUT2D eigenvalue weighted by molar-refractivity contribution is 7.47. The lowest BCUT2D eigenvalue weighted by atomic mass is 9.99. The molecule has 0 fully saturated rings. The molecule has 0 aromatic heterocycles. The molecule has 0 aliphatic rings. The SMILES string of the molecule is CCC(C)CCCCCCCCCCCCC(=O)OC[C@H](COP(=O)(O)OCC(O)COP(=O)(O)OC[C@@H](COC(=O)CCCCCCCCCCC(C)C)OC(=O)CCCCCCCCC(C)C)OC(=O)CCCCCCCCCCC(C)CC. The van der Waals surface area contributed by atoms with Crippen LogP contribution in [0.1, 0.15) is 325 Å². The maximum absolute atomic E-state index is 13.0. The van der Waals surface area contributed by atoms with Crippen molar-refractivity contribution in [3.05, 3.63) is 0 Å². The third-order valence-electron chi connectivity index (χ3n) is 16.0. The molecule has 0 radical (unpaired) electrons. The van der Waals surface area contributed by atoms with Crippen LogP contribution in [0.3, 0.4) is 0 Å². The van der Waals surface area contributed by atoms with Gasteiger partial charge in [0.2, 0.25) is 0 Å². The average molecular weight is 1270 g/mol. The van der Waals surface area contributed by atoms with E-state index < -0.39 is 97.5 Å².